The van der Waals surface area contributed by atoms with E-state index in [4.69, 9.17) is 4.74 Å². The Morgan fingerprint density at radius 3 is 3.00 bits per heavy atom. The molecule has 0 saturated carbocycles. The number of morpholine rings is 1. The molecule has 1 saturated heterocycles. The van der Waals surface area contributed by atoms with Gasteiger partial charge in [0, 0.05) is 17.8 Å². The largest absolute Gasteiger partial charge is 0.394 e. The molecule has 1 fully saturated rings. The molecule has 1 unspecified atom stereocenters. The van der Waals surface area contributed by atoms with Crippen molar-refractivity contribution in [2.24, 2.45) is 0 Å². The van der Waals surface area contributed by atoms with Crippen LogP contribution in [-0.4, -0.2) is 42.6 Å². The maximum atomic E-state index is 13.3. The Kier molecular flexibility index (Phi) is 4.16. The minimum absolute atomic E-state index is 0.0311. The molecule has 18 heavy (non-hydrogen) atoms. The van der Waals surface area contributed by atoms with Crippen LogP contribution in [0.1, 0.15) is 18.6 Å². The second-order valence-corrected chi connectivity index (χ2v) is 4.48. The zero-order valence-corrected chi connectivity index (χ0v) is 10.3. The van der Waals surface area contributed by atoms with Gasteiger partial charge in [0.2, 0.25) is 0 Å². The van der Waals surface area contributed by atoms with E-state index in [1.807, 2.05) is 4.90 Å². The van der Waals surface area contributed by atoms with Crippen molar-refractivity contribution in [3.63, 3.8) is 0 Å². The van der Waals surface area contributed by atoms with Crippen molar-refractivity contribution in [1.82, 2.24) is 0 Å². The van der Waals surface area contributed by atoms with Crippen molar-refractivity contribution in [1.29, 1.82) is 0 Å². The Morgan fingerprint density at radius 1 is 1.56 bits per heavy atom. The van der Waals surface area contributed by atoms with Crippen LogP contribution in [0.15, 0.2) is 18.2 Å². The van der Waals surface area contributed by atoms with Gasteiger partial charge in [-0.15, -0.1) is 0 Å². The lowest BCUT2D eigenvalue weighted by molar-refractivity contribution is 0.0722. The highest BCUT2D eigenvalue weighted by Crippen LogP contribution is 2.29. The summed E-state index contributed by atoms with van der Waals surface area (Å²) in [5, 5.41) is 19.1. The molecule has 1 aromatic carbocycles. The fraction of sp³-hybridized carbons (Fsp3) is 0.538. The average molecular weight is 255 g/mol. The minimum atomic E-state index is -0.752. The van der Waals surface area contributed by atoms with Gasteiger partial charge in [0.05, 0.1) is 32.0 Å². The maximum absolute atomic E-state index is 13.3. The van der Waals surface area contributed by atoms with Crippen LogP contribution >= 0.6 is 0 Å². The predicted molar refractivity (Wildman–Crippen MR) is 66.1 cm³/mol. The number of benzene rings is 1. The van der Waals surface area contributed by atoms with Crippen molar-refractivity contribution in [3.8, 4) is 0 Å². The quantitative estimate of drug-likeness (QED) is 0.848. The van der Waals surface area contributed by atoms with Gasteiger partial charge in [-0.3, -0.25) is 0 Å². The van der Waals surface area contributed by atoms with Gasteiger partial charge in [0.25, 0.3) is 0 Å². The molecular formula is C13H18FNO3. The highest BCUT2D eigenvalue weighted by molar-refractivity contribution is 5.56. The second-order valence-electron chi connectivity index (χ2n) is 4.48. The molecule has 1 heterocycles. The van der Waals surface area contributed by atoms with Crippen LogP contribution in [-0.2, 0) is 4.74 Å². The molecule has 0 aromatic heterocycles. The van der Waals surface area contributed by atoms with Crippen molar-refractivity contribution in [3.05, 3.63) is 29.6 Å². The molecule has 1 aliphatic heterocycles. The van der Waals surface area contributed by atoms with Crippen LogP contribution in [0, 0.1) is 5.82 Å². The summed E-state index contributed by atoms with van der Waals surface area (Å²) in [5.41, 5.74) is 1.30. The van der Waals surface area contributed by atoms with Crippen LogP contribution in [0.25, 0.3) is 0 Å². The van der Waals surface area contributed by atoms with Gasteiger partial charge in [-0.1, -0.05) is 0 Å². The van der Waals surface area contributed by atoms with Gasteiger partial charge in [-0.25, -0.2) is 4.39 Å². The summed E-state index contributed by atoms with van der Waals surface area (Å²) in [5.74, 6) is -0.372. The van der Waals surface area contributed by atoms with E-state index in [-0.39, 0.29) is 18.5 Å². The van der Waals surface area contributed by atoms with Gasteiger partial charge in [-0.05, 0) is 25.1 Å². The van der Waals surface area contributed by atoms with E-state index in [1.54, 1.807) is 13.0 Å². The molecule has 2 rings (SSSR count). The third kappa shape index (κ3) is 2.63. The zero-order valence-electron chi connectivity index (χ0n) is 10.3. The topological polar surface area (TPSA) is 52.9 Å². The standard InChI is InChI=1S/C13H18FNO3/c1-9(17)12-6-10(14)2-3-13(12)15-4-5-18-8-11(15)7-16/h2-3,6,9,11,16-17H,4-5,7-8H2,1H3/t9-,11?/m1/s1. The molecule has 0 amide bonds. The van der Waals surface area contributed by atoms with Crippen LogP contribution in [0.2, 0.25) is 0 Å². The first-order chi connectivity index (χ1) is 8.63. The number of hydrogen-bond acceptors (Lipinski definition) is 4. The first kappa shape index (κ1) is 13.3. The summed E-state index contributed by atoms with van der Waals surface area (Å²) >= 11 is 0. The Hall–Kier alpha value is -1.17. The van der Waals surface area contributed by atoms with E-state index < -0.39 is 6.10 Å². The number of rotatable bonds is 3. The van der Waals surface area contributed by atoms with Gasteiger partial charge in [-0.2, -0.15) is 0 Å². The number of nitrogens with zero attached hydrogens (tertiary/aromatic N) is 1. The molecule has 4 nitrogen and oxygen atoms in total. The minimum Gasteiger partial charge on any atom is -0.394 e. The van der Waals surface area contributed by atoms with Crippen LogP contribution in [0.4, 0.5) is 10.1 Å². The normalized spacial score (nSPS) is 22.0. The lowest BCUT2D eigenvalue weighted by Gasteiger charge is -2.37. The molecule has 0 bridgehead atoms. The van der Waals surface area contributed by atoms with E-state index >= 15 is 0 Å². The molecule has 1 aliphatic rings. The summed E-state index contributed by atoms with van der Waals surface area (Å²) in [7, 11) is 0. The number of ether oxygens (including phenoxy) is 1. The number of hydrogen-bond donors (Lipinski definition) is 2. The summed E-state index contributed by atoms with van der Waals surface area (Å²) < 4.78 is 18.6. The number of aliphatic hydroxyl groups is 2. The van der Waals surface area contributed by atoms with Crippen molar-refractivity contribution < 1.29 is 19.3 Å². The Bertz CT molecular complexity index is 411. The zero-order chi connectivity index (χ0) is 13.1. The predicted octanol–water partition coefficient (Wildman–Crippen LogP) is 1.08. The Labute approximate surface area is 106 Å². The van der Waals surface area contributed by atoms with Gasteiger partial charge in [0.1, 0.15) is 5.82 Å². The maximum Gasteiger partial charge on any atom is 0.123 e. The highest BCUT2D eigenvalue weighted by Gasteiger charge is 2.25. The van der Waals surface area contributed by atoms with E-state index in [0.717, 1.165) is 5.69 Å². The van der Waals surface area contributed by atoms with E-state index in [9.17, 15) is 14.6 Å². The Morgan fingerprint density at radius 2 is 2.33 bits per heavy atom. The first-order valence-electron chi connectivity index (χ1n) is 6.06. The van der Waals surface area contributed by atoms with Crippen LogP contribution < -0.4 is 4.90 Å². The molecule has 0 spiro atoms. The van der Waals surface area contributed by atoms with Crippen molar-refractivity contribution in [2.75, 3.05) is 31.3 Å². The monoisotopic (exact) mass is 255 g/mol. The Balaban J connectivity index is 2.36. The van der Waals surface area contributed by atoms with E-state index in [0.29, 0.717) is 25.3 Å². The number of anilines is 1. The molecule has 100 valence electrons. The van der Waals surface area contributed by atoms with Crippen molar-refractivity contribution >= 4 is 5.69 Å². The first-order valence-corrected chi connectivity index (χ1v) is 6.06. The van der Waals surface area contributed by atoms with Crippen LogP contribution in [0.5, 0.6) is 0 Å². The third-order valence-corrected chi connectivity index (χ3v) is 3.19. The highest BCUT2D eigenvalue weighted by atomic mass is 19.1. The lowest BCUT2D eigenvalue weighted by atomic mass is 10.0. The fourth-order valence-electron chi connectivity index (χ4n) is 2.24. The van der Waals surface area contributed by atoms with E-state index in [2.05, 4.69) is 0 Å². The van der Waals surface area contributed by atoms with Crippen LogP contribution in [0.3, 0.4) is 0 Å². The molecule has 5 heteroatoms. The summed E-state index contributed by atoms with van der Waals surface area (Å²) in [6.45, 7) is 3.19. The molecule has 2 atom stereocenters. The third-order valence-electron chi connectivity index (χ3n) is 3.19. The number of aliphatic hydroxyl groups excluding tert-OH is 2. The van der Waals surface area contributed by atoms with Gasteiger partial charge in [0.15, 0.2) is 0 Å². The lowest BCUT2D eigenvalue weighted by Crippen LogP contribution is -2.48. The van der Waals surface area contributed by atoms with E-state index in [1.165, 1.54) is 12.1 Å². The molecule has 2 N–H and O–H groups in total. The molecule has 0 aliphatic carbocycles. The molecule has 1 aromatic rings. The smallest absolute Gasteiger partial charge is 0.123 e. The molecular weight excluding hydrogens is 237 g/mol. The summed E-state index contributed by atoms with van der Waals surface area (Å²) in [4.78, 5) is 1.96. The van der Waals surface area contributed by atoms with Gasteiger partial charge < -0.3 is 19.8 Å². The summed E-state index contributed by atoms with van der Waals surface area (Å²) in [6.07, 6.45) is -0.752. The molecule has 0 radical (unpaired) electrons. The number of halogens is 1. The SMILES string of the molecule is C[C@@H](O)c1cc(F)ccc1N1CCOCC1CO. The average Bonchev–Trinajstić information content (AvgIpc) is 2.38. The summed E-state index contributed by atoms with van der Waals surface area (Å²) in [6, 6.07) is 4.20. The van der Waals surface area contributed by atoms with Gasteiger partial charge >= 0.3 is 0 Å². The second kappa shape index (κ2) is 5.65. The fourth-order valence-corrected chi connectivity index (χ4v) is 2.24. The van der Waals surface area contributed by atoms with Crippen molar-refractivity contribution in [2.45, 2.75) is 19.1 Å².